The first-order valence-electron chi connectivity index (χ1n) is 9.61. The minimum Gasteiger partial charge on any atom is -0.388 e. The molecule has 1 aromatic rings. The summed E-state index contributed by atoms with van der Waals surface area (Å²) in [6.45, 7) is 1.16. The quantitative estimate of drug-likeness (QED) is 0.739. The summed E-state index contributed by atoms with van der Waals surface area (Å²) in [6.07, 6.45) is 9.12. The van der Waals surface area contributed by atoms with Gasteiger partial charge in [-0.05, 0) is 50.8 Å². The largest absolute Gasteiger partial charge is 0.388 e. The normalized spacial score (nSPS) is 20.1. The van der Waals surface area contributed by atoms with Crippen molar-refractivity contribution in [1.82, 2.24) is 10.2 Å². The van der Waals surface area contributed by atoms with Crippen molar-refractivity contribution in [2.45, 2.75) is 69.6 Å². The fraction of sp³-hybridized carbons (Fsp3) is 0.650. The molecule has 0 atom stereocenters. The summed E-state index contributed by atoms with van der Waals surface area (Å²) >= 11 is 0. The van der Waals surface area contributed by atoms with E-state index in [1.54, 1.807) is 0 Å². The Morgan fingerprint density at radius 1 is 1.20 bits per heavy atom. The van der Waals surface area contributed by atoms with Gasteiger partial charge in [0.2, 0.25) is 0 Å². The predicted molar refractivity (Wildman–Crippen MR) is 101 cm³/mol. The summed E-state index contributed by atoms with van der Waals surface area (Å²) in [7, 11) is 2.18. The standard InChI is InChI=1S/C20H31N3O2/c1-23(17-9-3-2-4-10-17)14-16-8-5-6-11-18(16)22-19(24)21-15-20(25)12-7-13-20/h5-6,8,11,17,25H,2-4,7,9-10,12-15H2,1H3,(H2,21,22,24). The van der Waals surface area contributed by atoms with Crippen LogP contribution in [0.4, 0.5) is 10.5 Å². The molecule has 1 aromatic carbocycles. The number of rotatable bonds is 6. The molecule has 0 heterocycles. The lowest BCUT2D eigenvalue weighted by Crippen LogP contribution is -2.48. The van der Waals surface area contributed by atoms with Gasteiger partial charge in [-0.1, -0.05) is 37.5 Å². The molecule has 2 fully saturated rings. The van der Waals surface area contributed by atoms with E-state index in [0.29, 0.717) is 12.6 Å². The summed E-state index contributed by atoms with van der Waals surface area (Å²) < 4.78 is 0. The Bertz CT molecular complexity index is 580. The number of nitrogens with zero attached hydrogens (tertiary/aromatic N) is 1. The van der Waals surface area contributed by atoms with Crippen LogP contribution in [0.5, 0.6) is 0 Å². The summed E-state index contributed by atoms with van der Waals surface area (Å²) in [5.41, 5.74) is 1.29. The van der Waals surface area contributed by atoms with E-state index in [4.69, 9.17) is 0 Å². The summed E-state index contributed by atoms with van der Waals surface area (Å²) in [5, 5.41) is 15.8. The molecule has 138 valence electrons. The monoisotopic (exact) mass is 345 g/mol. The number of carbonyl (C=O) groups excluding carboxylic acids is 1. The number of aliphatic hydroxyl groups is 1. The highest BCUT2D eigenvalue weighted by Gasteiger charge is 2.34. The van der Waals surface area contributed by atoms with Crippen LogP contribution in [0.1, 0.15) is 56.9 Å². The fourth-order valence-electron chi connectivity index (χ4n) is 3.87. The van der Waals surface area contributed by atoms with E-state index in [1.807, 2.05) is 18.2 Å². The van der Waals surface area contributed by atoms with Gasteiger partial charge in [-0.25, -0.2) is 4.79 Å². The Morgan fingerprint density at radius 2 is 1.92 bits per heavy atom. The van der Waals surface area contributed by atoms with Gasteiger partial charge in [-0.15, -0.1) is 0 Å². The number of carbonyl (C=O) groups is 1. The number of anilines is 1. The minimum absolute atomic E-state index is 0.243. The molecule has 3 N–H and O–H groups in total. The molecule has 0 unspecified atom stereocenters. The van der Waals surface area contributed by atoms with Crippen LogP contribution in [0.15, 0.2) is 24.3 Å². The van der Waals surface area contributed by atoms with Gasteiger partial charge in [0.05, 0.1) is 5.60 Å². The first-order chi connectivity index (χ1) is 12.1. The average Bonchev–Trinajstić information content (AvgIpc) is 2.60. The highest BCUT2D eigenvalue weighted by Crippen LogP contribution is 2.30. The third kappa shape index (κ3) is 4.95. The lowest BCUT2D eigenvalue weighted by atomic mass is 9.80. The average molecular weight is 345 g/mol. The van der Waals surface area contributed by atoms with E-state index in [2.05, 4.69) is 28.6 Å². The van der Waals surface area contributed by atoms with Gasteiger partial charge in [0.15, 0.2) is 0 Å². The minimum atomic E-state index is -0.696. The van der Waals surface area contributed by atoms with Crippen molar-refractivity contribution in [3.63, 3.8) is 0 Å². The Labute approximate surface area is 150 Å². The molecular formula is C20H31N3O2. The molecule has 0 bridgehead atoms. The number of benzene rings is 1. The summed E-state index contributed by atoms with van der Waals surface area (Å²) in [4.78, 5) is 14.6. The molecule has 2 amide bonds. The van der Waals surface area contributed by atoms with Crippen molar-refractivity contribution >= 4 is 11.7 Å². The van der Waals surface area contributed by atoms with E-state index < -0.39 is 5.60 Å². The number of hydrogen-bond acceptors (Lipinski definition) is 3. The van der Waals surface area contributed by atoms with Crippen LogP contribution in [0.25, 0.3) is 0 Å². The number of urea groups is 1. The van der Waals surface area contributed by atoms with Crippen molar-refractivity contribution in [3.8, 4) is 0 Å². The maximum absolute atomic E-state index is 12.2. The molecule has 5 heteroatoms. The van der Waals surface area contributed by atoms with Gasteiger partial charge in [-0.2, -0.15) is 0 Å². The smallest absolute Gasteiger partial charge is 0.319 e. The van der Waals surface area contributed by atoms with Crippen molar-refractivity contribution < 1.29 is 9.90 Å². The number of para-hydroxylation sites is 1. The van der Waals surface area contributed by atoms with Gasteiger partial charge in [0.25, 0.3) is 0 Å². The van der Waals surface area contributed by atoms with Crippen molar-refractivity contribution in [2.75, 3.05) is 18.9 Å². The van der Waals surface area contributed by atoms with E-state index >= 15 is 0 Å². The van der Waals surface area contributed by atoms with Crippen molar-refractivity contribution in [1.29, 1.82) is 0 Å². The predicted octanol–water partition coefficient (Wildman–Crippen LogP) is 3.49. The first kappa shape index (κ1) is 18.2. The van der Waals surface area contributed by atoms with Gasteiger partial charge >= 0.3 is 6.03 Å². The second-order valence-electron chi connectivity index (χ2n) is 7.75. The van der Waals surface area contributed by atoms with Gasteiger partial charge in [-0.3, -0.25) is 4.90 Å². The van der Waals surface area contributed by atoms with Gasteiger partial charge in [0.1, 0.15) is 0 Å². The number of amides is 2. The van der Waals surface area contributed by atoms with Crippen LogP contribution >= 0.6 is 0 Å². The first-order valence-corrected chi connectivity index (χ1v) is 9.61. The summed E-state index contributed by atoms with van der Waals surface area (Å²) in [5.74, 6) is 0. The number of hydrogen-bond donors (Lipinski definition) is 3. The molecule has 3 rings (SSSR count). The van der Waals surface area contributed by atoms with E-state index in [1.165, 1.54) is 32.1 Å². The highest BCUT2D eigenvalue weighted by atomic mass is 16.3. The maximum atomic E-state index is 12.2. The lowest BCUT2D eigenvalue weighted by Gasteiger charge is -2.36. The molecule has 5 nitrogen and oxygen atoms in total. The molecule has 0 spiro atoms. The zero-order valence-electron chi connectivity index (χ0n) is 15.3. The SMILES string of the molecule is CN(Cc1ccccc1NC(=O)NCC1(O)CCC1)C1CCCCC1. The fourth-order valence-corrected chi connectivity index (χ4v) is 3.87. The second-order valence-corrected chi connectivity index (χ2v) is 7.75. The Morgan fingerprint density at radius 3 is 2.60 bits per heavy atom. The number of nitrogens with one attached hydrogen (secondary N) is 2. The van der Waals surface area contributed by atoms with Gasteiger partial charge in [0, 0.05) is 24.8 Å². The topological polar surface area (TPSA) is 64.6 Å². The third-order valence-corrected chi connectivity index (χ3v) is 5.75. The molecular weight excluding hydrogens is 314 g/mol. The summed E-state index contributed by atoms with van der Waals surface area (Å²) in [6, 6.07) is 8.39. The van der Waals surface area contributed by atoms with Gasteiger partial charge < -0.3 is 15.7 Å². The molecule has 2 aliphatic rings. The Kier molecular flexibility index (Phi) is 5.97. The van der Waals surface area contributed by atoms with Crippen molar-refractivity contribution in [3.05, 3.63) is 29.8 Å². The molecule has 25 heavy (non-hydrogen) atoms. The van der Waals surface area contributed by atoms with Crippen molar-refractivity contribution in [2.24, 2.45) is 0 Å². The molecule has 0 aromatic heterocycles. The molecule has 2 saturated carbocycles. The van der Waals surface area contributed by atoms with Crippen LogP contribution < -0.4 is 10.6 Å². The molecule has 0 aliphatic heterocycles. The lowest BCUT2D eigenvalue weighted by molar-refractivity contribution is -0.0287. The Hall–Kier alpha value is -1.59. The molecule has 0 radical (unpaired) electrons. The Balaban J connectivity index is 1.55. The van der Waals surface area contributed by atoms with Crippen LogP contribution in [-0.4, -0.2) is 41.3 Å². The molecule has 2 aliphatic carbocycles. The van der Waals surface area contributed by atoms with Crippen LogP contribution in [-0.2, 0) is 6.54 Å². The second kappa shape index (κ2) is 8.19. The van der Waals surface area contributed by atoms with Crippen LogP contribution in [0.2, 0.25) is 0 Å². The van der Waals surface area contributed by atoms with Crippen LogP contribution in [0.3, 0.4) is 0 Å². The zero-order chi connectivity index (χ0) is 17.7. The third-order valence-electron chi connectivity index (χ3n) is 5.75. The maximum Gasteiger partial charge on any atom is 0.319 e. The van der Waals surface area contributed by atoms with E-state index in [0.717, 1.165) is 37.1 Å². The highest BCUT2D eigenvalue weighted by molar-refractivity contribution is 5.90. The zero-order valence-corrected chi connectivity index (χ0v) is 15.3. The molecule has 0 saturated heterocycles. The van der Waals surface area contributed by atoms with E-state index in [9.17, 15) is 9.90 Å². The van der Waals surface area contributed by atoms with E-state index in [-0.39, 0.29) is 6.03 Å². The van der Waals surface area contributed by atoms with Crippen LogP contribution in [0, 0.1) is 0 Å².